The topological polar surface area (TPSA) is 115 Å². The number of para-hydroxylation sites is 1. The maximum atomic E-state index is 13.3. The van der Waals surface area contributed by atoms with Crippen molar-refractivity contribution < 1.29 is 19.5 Å². The number of aromatic amines is 1. The van der Waals surface area contributed by atoms with Crippen LogP contribution in [0.15, 0.2) is 71.7 Å². The molecule has 1 aromatic heterocycles. The van der Waals surface area contributed by atoms with Crippen LogP contribution in [0.3, 0.4) is 0 Å². The zero-order valence-corrected chi connectivity index (χ0v) is 21.7. The van der Waals surface area contributed by atoms with E-state index >= 15 is 0 Å². The molecule has 0 radical (unpaired) electrons. The standard InChI is InChI=1S/C30H25ClN4O4/c31-16-25(36)35-13-11-18(12-14-35)17-5-8-20(9-6-17)32-29(38)19-7-10-24-22(15-19)28(37)27(33-24)26-21-3-1-2-4-23(21)34-30(26)39/h1-10,15,18,34,39H,11-14,16H2,(H,32,38). The molecule has 0 saturated carbocycles. The minimum Gasteiger partial charge on any atom is -0.494 e. The van der Waals surface area contributed by atoms with Crippen LogP contribution in [0.1, 0.15) is 50.6 Å². The summed E-state index contributed by atoms with van der Waals surface area (Å²) in [5.74, 6) is -0.466. The lowest BCUT2D eigenvalue weighted by Gasteiger charge is -2.32. The molecule has 8 nitrogen and oxygen atoms in total. The molecule has 0 atom stereocenters. The van der Waals surface area contributed by atoms with Crippen LogP contribution >= 0.6 is 11.6 Å². The summed E-state index contributed by atoms with van der Waals surface area (Å²) in [5, 5.41) is 14.1. The van der Waals surface area contributed by atoms with Crippen molar-refractivity contribution in [1.82, 2.24) is 9.88 Å². The minimum absolute atomic E-state index is 0.0132. The Morgan fingerprint density at radius 3 is 2.54 bits per heavy atom. The number of carbonyl (C=O) groups excluding carboxylic acids is 3. The molecule has 2 amide bonds. The summed E-state index contributed by atoms with van der Waals surface area (Å²) in [5.41, 5.74) is 4.12. The number of hydrogen-bond acceptors (Lipinski definition) is 5. The Labute approximate surface area is 229 Å². The summed E-state index contributed by atoms with van der Waals surface area (Å²) in [6.45, 7) is 1.38. The van der Waals surface area contributed by atoms with Crippen molar-refractivity contribution in [2.75, 3.05) is 24.3 Å². The Morgan fingerprint density at radius 2 is 1.79 bits per heavy atom. The second-order valence-electron chi connectivity index (χ2n) is 9.78. The third-order valence-electron chi connectivity index (χ3n) is 7.48. The normalized spacial score (nSPS) is 15.4. The van der Waals surface area contributed by atoms with Gasteiger partial charge in [-0.15, -0.1) is 11.6 Å². The Balaban J connectivity index is 1.14. The van der Waals surface area contributed by atoms with E-state index in [-0.39, 0.29) is 35.1 Å². The van der Waals surface area contributed by atoms with E-state index in [2.05, 4.69) is 15.3 Å². The SMILES string of the molecule is O=C(Nc1ccc(C2CCN(C(=O)CCl)CC2)cc1)c1ccc2c(c1)C(=O)C(c1c(O)[nH]c3ccccc13)=N2. The van der Waals surface area contributed by atoms with Crippen molar-refractivity contribution in [3.05, 3.63) is 89.0 Å². The van der Waals surface area contributed by atoms with E-state index in [0.29, 0.717) is 58.0 Å². The van der Waals surface area contributed by atoms with Crippen molar-refractivity contribution in [3.8, 4) is 5.88 Å². The number of nitrogens with zero attached hydrogens (tertiary/aromatic N) is 2. The van der Waals surface area contributed by atoms with E-state index in [1.165, 1.54) is 5.56 Å². The lowest BCUT2D eigenvalue weighted by atomic mass is 9.89. The molecular formula is C30H25ClN4O4. The smallest absolute Gasteiger partial charge is 0.255 e. The highest BCUT2D eigenvalue weighted by molar-refractivity contribution is 6.56. The largest absolute Gasteiger partial charge is 0.494 e. The van der Waals surface area contributed by atoms with Gasteiger partial charge in [0, 0.05) is 35.2 Å². The number of halogens is 1. The van der Waals surface area contributed by atoms with Crippen LogP contribution in [0, 0.1) is 0 Å². The van der Waals surface area contributed by atoms with Gasteiger partial charge in [-0.1, -0.05) is 30.3 Å². The van der Waals surface area contributed by atoms with Crippen molar-refractivity contribution in [3.63, 3.8) is 0 Å². The third kappa shape index (κ3) is 4.57. The number of carbonyl (C=O) groups is 3. The van der Waals surface area contributed by atoms with Crippen LogP contribution in [-0.2, 0) is 4.79 Å². The Kier molecular flexibility index (Phi) is 6.40. The number of aromatic nitrogens is 1. The number of piperidine rings is 1. The maximum Gasteiger partial charge on any atom is 0.255 e. The number of benzene rings is 3. The number of Topliss-reactive ketones (excluding diaryl/α,β-unsaturated/α-hetero) is 1. The first-order chi connectivity index (χ1) is 18.9. The van der Waals surface area contributed by atoms with Gasteiger partial charge in [-0.05, 0) is 60.7 Å². The number of rotatable bonds is 5. The summed E-state index contributed by atoms with van der Waals surface area (Å²) in [4.78, 5) is 47.2. The monoisotopic (exact) mass is 540 g/mol. The van der Waals surface area contributed by atoms with Crippen LogP contribution in [0.2, 0.25) is 0 Å². The van der Waals surface area contributed by atoms with Gasteiger partial charge < -0.3 is 20.3 Å². The number of alkyl halides is 1. The highest BCUT2D eigenvalue weighted by Crippen LogP contribution is 2.36. The molecule has 1 fully saturated rings. The molecule has 0 bridgehead atoms. The van der Waals surface area contributed by atoms with Gasteiger partial charge in [0.25, 0.3) is 5.91 Å². The fourth-order valence-corrected chi connectivity index (χ4v) is 5.55. The lowest BCUT2D eigenvalue weighted by Crippen LogP contribution is -2.38. The minimum atomic E-state index is -0.345. The van der Waals surface area contributed by atoms with Crippen LogP contribution < -0.4 is 5.32 Å². The first-order valence-electron chi connectivity index (χ1n) is 12.8. The van der Waals surface area contributed by atoms with Crippen molar-refractivity contribution in [2.45, 2.75) is 18.8 Å². The third-order valence-corrected chi connectivity index (χ3v) is 7.70. The van der Waals surface area contributed by atoms with Crippen LogP contribution in [0.25, 0.3) is 10.9 Å². The maximum absolute atomic E-state index is 13.3. The highest BCUT2D eigenvalue weighted by Gasteiger charge is 2.31. The Morgan fingerprint density at radius 1 is 1.05 bits per heavy atom. The summed E-state index contributed by atoms with van der Waals surface area (Å²) in [7, 11) is 0. The number of nitrogens with one attached hydrogen (secondary N) is 2. The molecule has 0 aliphatic carbocycles. The first kappa shape index (κ1) is 24.9. The van der Waals surface area contributed by atoms with Gasteiger partial charge in [0.1, 0.15) is 11.6 Å². The molecule has 0 unspecified atom stereocenters. The van der Waals surface area contributed by atoms with E-state index in [4.69, 9.17) is 11.6 Å². The Bertz CT molecular complexity index is 1650. The number of aliphatic imine (C=N–C) groups is 1. The van der Waals surface area contributed by atoms with Gasteiger partial charge >= 0.3 is 0 Å². The van der Waals surface area contributed by atoms with E-state index in [9.17, 15) is 19.5 Å². The van der Waals surface area contributed by atoms with Crippen molar-refractivity contribution in [1.29, 1.82) is 0 Å². The first-order valence-corrected chi connectivity index (χ1v) is 13.3. The molecule has 9 heteroatoms. The summed E-state index contributed by atoms with van der Waals surface area (Å²) < 4.78 is 0. The van der Waals surface area contributed by atoms with Gasteiger partial charge in [0.05, 0.1) is 16.8 Å². The van der Waals surface area contributed by atoms with Gasteiger partial charge in [-0.3, -0.25) is 14.4 Å². The molecule has 2 aliphatic heterocycles. The highest BCUT2D eigenvalue weighted by atomic mass is 35.5. The molecule has 3 aromatic carbocycles. The molecule has 1 saturated heterocycles. The zero-order chi connectivity index (χ0) is 27.1. The fraction of sp³-hybridized carbons (Fsp3) is 0.200. The molecule has 6 rings (SSSR count). The second-order valence-corrected chi connectivity index (χ2v) is 10.0. The van der Waals surface area contributed by atoms with E-state index in [1.54, 1.807) is 23.1 Å². The van der Waals surface area contributed by atoms with Crippen molar-refractivity contribution in [2.24, 2.45) is 4.99 Å². The van der Waals surface area contributed by atoms with Crippen molar-refractivity contribution >= 4 is 57.2 Å². The van der Waals surface area contributed by atoms with Crippen LogP contribution in [-0.4, -0.2) is 57.3 Å². The van der Waals surface area contributed by atoms with Gasteiger partial charge in [0.2, 0.25) is 11.7 Å². The van der Waals surface area contributed by atoms with E-state index < -0.39 is 0 Å². The van der Waals surface area contributed by atoms with Gasteiger partial charge in [0.15, 0.2) is 5.88 Å². The molecule has 0 spiro atoms. The number of anilines is 1. The average Bonchev–Trinajstić information content (AvgIpc) is 3.47. The number of aromatic hydroxyl groups is 1. The number of H-pyrrole nitrogens is 1. The van der Waals surface area contributed by atoms with Gasteiger partial charge in [-0.2, -0.15) is 0 Å². The summed E-state index contributed by atoms with van der Waals surface area (Å²) >= 11 is 5.67. The summed E-state index contributed by atoms with van der Waals surface area (Å²) in [6, 6.07) is 19.8. The number of amides is 2. The molecule has 3 heterocycles. The molecule has 4 aromatic rings. The number of ketones is 1. The number of fused-ring (bicyclic) bond motifs is 2. The lowest BCUT2D eigenvalue weighted by molar-refractivity contribution is -0.129. The number of hydrogen-bond donors (Lipinski definition) is 3. The predicted molar refractivity (Wildman–Crippen MR) is 151 cm³/mol. The van der Waals surface area contributed by atoms with Crippen LogP contribution in [0.5, 0.6) is 5.88 Å². The zero-order valence-electron chi connectivity index (χ0n) is 20.9. The van der Waals surface area contributed by atoms with Crippen LogP contribution in [0.4, 0.5) is 11.4 Å². The predicted octanol–water partition coefficient (Wildman–Crippen LogP) is 5.39. The molecular weight excluding hydrogens is 516 g/mol. The molecule has 39 heavy (non-hydrogen) atoms. The molecule has 196 valence electrons. The van der Waals surface area contributed by atoms with Gasteiger partial charge in [-0.25, -0.2) is 4.99 Å². The quantitative estimate of drug-likeness (QED) is 0.294. The Hall–Kier alpha value is -4.43. The second kappa shape index (κ2) is 10.0. The van der Waals surface area contributed by atoms with E-state index in [1.807, 2.05) is 48.5 Å². The average molecular weight is 541 g/mol. The molecule has 2 aliphatic rings. The molecule has 3 N–H and O–H groups in total. The fourth-order valence-electron chi connectivity index (χ4n) is 5.38. The number of likely N-dealkylation sites (tertiary alicyclic amines) is 1. The van der Waals surface area contributed by atoms with E-state index in [0.717, 1.165) is 12.8 Å². The summed E-state index contributed by atoms with van der Waals surface area (Å²) in [6.07, 6.45) is 1.75.